The number of rotatable bonds is 1. The number of carbonyl (C=O) groups is 1. The normalized spacial score (nSPS) is 44.2. The van der Waals surface area contributed by atoms with E-state index in [1.165, 1.54) is 7.05 Å². The molecule has 88 valence electrons. The molecule has 16 heavy (non-hydrogen) atoms. The highest BCUT2D eigenvalue weighted by Gasteiger charge is 2.70. The summed E-state index contributed by atoms with van der Waals surface area (Å²) in [5.74, 6) is -0.232. The van der Waals surface area contributed by atoms with E-state index in [2.05, 4.69) is 15.3 Å². The number of nitrogens with zero attached hydrogens (tertiary/aromatic N) is 1. The van der Waals surface area contributed by atoms with Crippen molar-refractivity contribution < 1.29 is 22.8 Å². The number of sulfone groups is 1. The van der Waals surface area contributed by atoms with Gasteiger partial charge in [-0.25, -0.2) is 13.2 Å². The number of amides is 1. The van der Waals surface area contributed by atoms with Crippen LogP contribution < -0.4 is 5.32 Å². The number of ether oxygens (including phenoxy) is 1. The van der Waals surface area contributed by atoms with Crippen molar-refractivity contribution in [1.82, 2.24) is 5.32 Å². The minimum absolute atomic E-state index is 0.0411. The van der Waals surface area contributed by atoms with Crippen molar-refractivity contribution in [2.75, 3.05) is 7.05 Å². The van der Waals surface area contributed by atoms with Gasteiger partial charge in [-0.2, -0.15) is 0 Å². The Morgan fingerprint density at radius 1 is 1.56 bits per heavy atom. The van der Waals surface area contributed by atoms with Crippen molar-refractivity contribution in [2.24, 2.45) is 11.1 Å². The summed E-state index contributed by atoms with van der Waals surface area (Å²) in [5.41, 5.74) is 0. The lowest BCUT2D eigenvalue weighted by Crippen LogP contribution is -2.31. The van der Waals surface area contributed by atoms with Crippen LogP contribution >= 0.6 is 0 Å². The quantitative estimate of drug-likeness (QED) is 0.372. The minimum Gasteiger partial charge on any atom is -0.367 e. The van der Waals surface area contributed by atoms with Gasteiger partial charge in [0.15, 0.2) is 5.04 Å². The fourth-order valence-corrected chi connectivity index (χ4v) is 4.58. The molecular formula is C8H10N2O5S. The van der Waals surface area contributed by atoms with Crippen molar-refractivity contribution in [3.63, 3.8) is 0 Å². The highest BCUT2D eigenvalue weighted by molar-refractivity contribution is 8.07. The number of hydrogen-bond donors (Lipinski definition) is 1. The molecule has 4 atom stereocenters. The SMILES string of the molecule is CNC(=O)O/N=C1\[C@H]2C[C@H]([C@@H]3OC23)S1(=O)=O. The molecule has 1 N–H and O–H groups in total. The topological polar surface area (TPSA) is 97.4 Å². The Morgan fingerprint density at radius 3 is 2.94 bits per heavy atom. The summed E-state index contributed by atoms with van der Waals surface area (Å²) in [5, 5.41) is 5.10. The molecule has 1 saturated carbocycles. The standard InChI is InChI=1S/C8H10N2O5S/c1-9-8(11)15-10-7-3-2-4(16(7,12)13)6-5(3)14-6/h3-6H,2H2,1H3,(H,9,11)/b10-7+/t3-,4+,5?,6-/m0/s1. The van der Waals surface area contributed by atoms with Gasteiger partial charge in [-0.1, -0.05) is 5.16 Å². The van der Waals surface area contributed by atoms with Gasteiger partial charge < -0.3 is 10.1 Å². The number of nitrogens with one attached hydrogen (secondary N) is 1. The maximum Gasteiger partial charge on any atom is 0.433 e. The van der Waals surface area contributed by atoms with Gasteiger partial charge in [0, 0.05) is 13.0 Å². The minimum atomic E-state index is -3.42. The molecule has 3 rings (SSSR count). The fraction of sp³-hybridized carbons (Fsp3) is 0.750. The van der Waals surface area contributed by atoms with Gasteiger partial charge in [0.1, 0.15) is 6.10 Å². The van der Waals surface area contributed by atoms with Gasteiger partial charge in [0.05, 0.1) is 11.4 Å². The van der Waals surface area contributed by atoms with E-state index in [0.717, 1.165) is 0 Å². The smallest absolute Gasteiger partial charge is 0.367 e. The van der Waals surface area contributed by atoms with E-state index in [-0.39, 0.29) is 23.2 Å². The van der Waals surface area contributed by atoms with E-state index in [4.69, 9.17) is 4.74 Å². The van der Waals surface area contributed by atoms with Crippen LogP contribution in [0.2, 0.25) is 0 Å². The summed E-state index contributed by atoms with van der Waals surface area (Å²) in [6.45, 7) is 0. The van der Waals surface area contributed by atoms with Crippen molar-refractivity contribution in [1.29, 1.82) is 0 Å². The summed E-state index contributed by atoms with van der Waals surface area (Å²) in [7, 11) is -2.05. The second kappa shape index (κ2) is 2.95. The number of hydrogen-bond acceptors (Lipinski definition) is 6. The van der Waals surface area contributed by atoms with Crippen LogP contribution in [0.5, 0.6) is 0 Å². The first-order chi connectivity index (χ1) is 7.55. The van der Waals surface area contributed by atoms with Crippen LogP contribution in [0.15, 0.2) is 5.16 Å². The maximum absolute atomic E-state index is 11.9. The molecule has 0 aromatic carbocycles. The first kappa shape index (κ1) is 10.0. The molecule has 0 aromatic rings. The highest BCUT2D eigenvalue weighted by Crippen LogP contribution is 2.53. The predicted molar refractivity (Wildman–Crippen MR) is 52.5 cm³/mol. The summed E-state index contributed by atoms with van der Waals surface area (Å²) in [6.07, 6.45) is -0.443. The van der Waals surface area contributed by atoms with Crippen molar-refractivity contribution in [2.45, 2.75) is 23.9 Å². The van der Waals surface area contributed by atoms with Crippen LogP contribution in [0.3, 0.4) is 0 Å². The molecule has 2 bridgehead atoms. The molecule has 1 aliphatic carbocycles. The highest BCUT2D eigenvalue weighted by atomic mass is 32.2. The third-order valence-electron chi connectivity index (χ3n) is 3.24. The van der Waals surface area contributed by atoms with E-state index in [0.29, 0.717) is 6.42 Å². The zero-order chi connectivity index (χ0) is 11.5. The van der Waals surface area contributed by atoms with Crippen molar-refractivity contribution in [3.8, 4) is 0 Å². The third kappa shape index (κ3) is 1.14. The summed E-state index contributed by atoms with van der Waals surface area (Å²) >= 11 is 0. The number of fused-ring (bicyclic) bond motifs is 5. The largest absolute Gasteiger partial charge is 0.433 e. The Balaban J connectivity index is 1.88. The van der Waals surface area contributed by atoms with Crippen molar-refractivity contribution in [3.05, 3.63) is 0 Å². The Hall–Kier alpha value is -1.15. The molecule has 2 aliphatic heterocycles. The molecule has 0 aromatic heterocycles. The molecule has 7 nitrogen and oxygen atoms in total. The van der Waals surface area contributed by atoms with Gasteiger partial charge in [-0.3, -0.25) is 4.84 Å². The number of oxime groups is 1. The van der Waals surface area contributed by atoms with Crippen LogP contribution in [0.25, 0.3) is 0 Å². The molecule has 2 saturated heterocycles. The Morgan fingerprint density at radius 2 is 2.31 bits per heavy atom. The van der Waals surface area contributed by atoms with E-state index in [9.17, 15) is 13.2 Å². The zero-order valence-electron chi connectivity index (χ0n) is 8.41. The molecular weight excluding hydrogens is 236 g/mol. The lowest BCUT2D eigenvalue weighted by Gasteiger charge is -2.08. The van der Waals surface area contributed by atoms with Gasteiger partial charge in [-0.15, -0.1) is 0 Å². The van der Waals surface area contributed by atoms with E-state index < -0.39 is 21.2 Å². The average molecular weight is 246 g/mol. The lowest BCUT2D eigenvalue weighted by molar-refractivity contribution is 0.152. The number of carbonyl (C=O) groups excluding carboxylic acids is 1. The maximum atomic E-state index is 11.9. The van der Waals surface area contributed by atoms with Crippen LogP contribution in [0.1, 0.15) is 6.42 Å². The Kier molecular flexibility index (Phi) is 1.85. The van der Waals surface area contributed by atoms with Crippen molar-refractivity contribution >= 4 is 21.0 Å². The first-order valence-electron chi connectivity index (χ1n) is 4.91. The van der Waals surface area contributed by atoms with E-state index in [1.807, 2.05) is 0 Å². The third-order valence-corrected chi connectivity index (χ3v) is 5.46. The molecule has 1 unspecified atom stereocenters. The predicted octanol–water partition coefficient (Wildman–Crippen LogP) is -0.760. The fourth-order valence-electron chi connectivity index (χ4n) is 2.44. The number of epoxide rings is 1. The van der Waals surface area contributed by atoms with Crippen LogP contribution in [-0.4, -0.2) is 44.1 Å². The van der Waals surface area contributed by atoms with Crippen LogP contribution in [0, 0.1) is 5.92 Å². The molecule has 3 fully saturated rings. The molecule has 0 spiro atoms. The van der Waals surface area contributed by atoms with E-state index in [1.54, 1.807) is 0 Å². The molecule has 3 aliphatic rings. The van der Waals surface area contributed by atoms with Crippen LogP contribution in [0.4, 0.5) is 4.79 Å². The first-order valence-corrected chi connectivity index (χ1v) is 6.46. The monoisotopic (exact) mass is 246 g/mol. The van der Waals surface area contributed by atoms with Gasteiger partial charge in [-0.05, 0) is 6.42 Å². The van der Waals surface area contributed by atoms with Gasteiger partial charge in [0.2, 0.25) is 9.84 Å². The molecule has 1 amide bonds. The molecule has 0 radical (unpaired) electrons. The zero-order valence-corrected chi connectivity index (χ0v) is 9.23. The molecule has 8 heteroatoms. The summed E-state index contributed by atoms with van der Waals surface area (Å²) in [4.78, 5) is 15.2. The Bertz CT molecular complexity index is 485. The molecule has 2 heterocycles. The van der Waals surface area contributed by atoms with Gasteiger partial charge in [0.25, 0.3) is 0 Å². The summed E-state index contributed by atoms with van der Waals surface area (Å²) < 4.78 is 29.0. The second-order valence-corrected chi connectivity index (χ2v) is 6.16. The van der Waals surface area contributed by atoms with E-state index >= 15 is 0 Å². The summed E-state index contributed by atoms with van der Waals surface area (Å²) in [6, 6.07) is 0. The van der Waals surface area contributed by atoms with Crippen LogP contribution in [-0.2, 0) is 19.4 Å². The second-order valence-electron chi connectivity index (χ2n) is 4.05. The lowest BCUT2D eigenvalue weighted by atomic mass is 10.1. The van der Waals surface area contributed by atoms with Gasteiger partial charge >= 0.3 is 6.09 Å². The Labute approximate surface area is 91.7 Å². The average Bonchev–Trinajstić information content (AvgIpc) is 2.89.